The van der Waals surface area contributed by atoms with Crippen molar-refractivity contribution in [2.45, 2.75) is 6.54 Å². The molecule has 0 aromatic heterocycles. The average Bonchev–Trinajstić information content (AvgIpc) is 2.82. The first-order chi connectivity index (χ1) is 15.6. The molecule has 32 heavy (non-hydrogen) atoms. The van der Waals surface area contributed by atoms with E-state index in [1.165, 1.54) is 5.56 Å². The van der Waals surface area contributed by atoms with Crippen molar-refractivity contribution in [1.29, 1.82) is 0 Å². The van der Waals surface area contributed by atoms with Crippen molar-refractivity contribution in [3.8, 4) is 0 Å². The molecule has 2 heterocycles. The molecule has 0 atom stereocenters. The number of carbonyl (C=O) groups is 2. The molecule has 2 saturated heterocycles. The first-order valence-electron chi connectivity index (χ1n) is 11.1. The van der Waals surface area contributed by atoms with Gasteiger partial charge in [-0.25, -0.2) is 4.79 Å². The summed E-state index contributed by atoms with van der Waals surface area (Å²) in [4.78, 5) is 33.5. The lowest BCUT2D eigenvalue weighted by Gasteiger charge is -2.38. The van der Waals surface area contributed by atoms with Gasteiger partial charge in [0, 0.05) is 69.6 Å². The zero-order chi connectivity index (χ0) is 22.3. The molecule has 0 unspecified atom stereocenters. The van der Waals surface area contributed by atoms with Gasteiger partial charge in [-0.3, -0.25) is 14.6 Å². The molecule has 2 aliphatic heterocycles. The lowest BCUT2D eigenvalue weighted by molar-refractivity contribution is -0.134. The molecule has 3 amide bonds. The minimum atomic E-state index is -0.111. The van der Waals surface area contributed by atoms with Crippen LogP contribution in [0.3, 0.4) is 0 Å². The molecule has 2 fully saturated rings. The van der Waals surface area contributed by atoms with E-state index >= 15 is 0 Å². The highest BCUT2D eigenvalue weighted by atomic mass is 35.5. The number of nitrogens with zero attached hydrogens (tertiary/aromatic N) is 4. The third-order valence-electron chi connectivity index (χ3n) is 6.09. The van der Waals surface area contributed by atoms with E-state index in [4.69, 9.17) is 11.6 Å². The number of urea groups is 1. The average molecular weight is 456 g/mol. The second-order valence-electron chi connectivity index (χ2n) is 8.34. The number of hydrogen-bond donors (Lipinski definition) is 1. The summed E-state index contributed by atoms with van der Waals surface area (Å²) in [5.74, 6) is 0.152. The molecular weight excluding hydrogens is 426 g/mol. The zero-order valence-corrected chi connectivity index (χ0v) is 19.0. The number of piperazine rings is 2. The van der Waals surface area contributed by atoms with Crippen molar-refractivity contribution in [2.24, 2.45) is 0 Å². The zero-order valence-electron chi connectivity index (χ0n) is 18.3. The van der Waals surface area contributed by atoms with Crippen molar-refractivity contribution in [1.82, 2.24) is 19.6 Å². The second kappa shape index (κ2) is 10.8. The first kappa shape index (κ1) is 22.6. The Balaban J connectivity index is 1.16. The highest BCUT2D eigenvalue weighted by Crippen LogP contribution is 2.14. The Morgan fingerprint density at radius 2 is 1.34 bits per heavy atom. The molecule has 1 N–H and O–H groups in total. The molecule has 170 valence electrons. The molecule has 0 aliphatic carbocycles. The van der Waals surface area contributed by atoms with E-state index in [0.717, 1.165) is 43.4 Å². The summed E-state index contributed by atoms with van der Waals surface area (Å²) in [6.45, 7) is 7.30. The van der Waals surface area contributed by atoms with Crippen LogP contribution < -0.4 is 5.32 Å². The Hall–Kier alpha value is -2.61. The molecular formula is C24H30ClN5O2. The van der Waals surface area contributed by atoms with E-state index in [-0.39, 0.29) is 11.9 Å². The molecule has 0 saturated carbocycles. The number of carbonyl (C=O) groups excluding carboxylic acids is 2. The van der Waals surface area contributed by atoms with Crippen molar-refractivity contribution in [3.63, 3.8) is 0 Å². The summed E-state index contributed by atoms with van der Waals surface area (Å²) in [6.07, 6.45) is 0. The van der Waals surface area contributed by atoms with Crippen LogP contribution in [0.4, 0.5) is 10.5 Å². The number of para-hydroxylation sites is 1. The van der Waals surface area contributed by atoms with Crippen LogP contribution in [0.2, 0.25) is 5.02 Å². The highest BCUT2D eigenvalue weighted by molar-refractivity contribution is 6.30. The van der Waals surface area contributed by atoms with E-state index in [9.17, 15) is 9.59 Å². The van der Waals surface area contributed by atoms with E-state index in [1.54, 1.807) is 4.90 Å². The fourth-order valence-corrected chi connectivity index (χ4v) is 4.25. The fraction of sp³-hybridized carbons (Fsp3) is 0.417. The lowest BCUT2D eigenvalue weighted by atomic mass is 10.2. The van der Waals surface area contributed by atoms with Crippen LogP contribution in [-0.4, -0.2) is 90.4 Å². The van der Waals surface area contributed by atoms with Gasteiger partial charge in [0.05, 0.1) is 6.54 Å². The van der Waals surface area contributed by atoms with Gasteiger partial charge >= 0.3 is 6.03 Å². The minimum Gasteiger partial charge on any atom is -0.338 e. The topological polar surface area (TPSA) is 59.1 Å². The van der Waals surface area contributed by atoms with E-state index in [0.29, 0.717) is 32.7 Å². The van der Waals surface area contributed by atoms with Crippen LogP contribution in [-0.2, 0) is 11.3 Å². The van der Waals surface area contributed by atoms with Gasteiger partial charge in [0.15, 0.2) is 0 Å². The summed E-state index contributed by atoms with van der Waals surface area (Å²) in [5.41, 5.74) is 2.04. The number of nitrogens with one attached hydrogen (secondary N) is 1. The monoisotopic (exact) mass is 455 g/mol. The van der Waals surface area contributed by atoms with Crippen LogP contribution in [0.25, 0.3) is 0 Å². The number of halogens is 1. The van der Waals surface area contributed by atoms with Crippen molar-refractivity contribution < 1.29 is 9.59 Å². The maximum absolute atomic E-state index is 12.8. The summed E-state index contributed by atoms with van der Waals surface area (Å²) < 4.78 is 0. The van der Waals surface area contributed by atoms with Crippen LogP contribution >= 0.6 is 11.6 Å². The number of rotatable bonds is 5. The normalized spacial score (nSPS) is 17.9. The van der Waals surface area contributed by atoms with Gasteiger partial charge in [-0.15, -0.1) is 0 Å². The first-order valence-corrected chi connectivity index (χ1v) is 11.5. The summed E-state index contributed by atoms with van der Waals surface area (Å²) in [7, 11) is 0. The Kier molecular flexibility index (Phi) is 7.63. The van der Waals surface area contributed by atoms with Gasteiger partial charge in [0.1, 0.15) is 0 Å². The van der Waals surface area contributed by atoms with Crippen molar-refractivity contribution in [2.75, 3.05) is 64.2 Å². The Morgan fingerprint density at radius 1 is 0.750 bits per heavy atom. The molecule has 7 nitrogen and oxygen atoms in total. The summed E-state index contributed by atoms with van der Waals surface area (Å²) in [5, 5.41) is 3.67. The van der Waals surface area contributed by atoms with Gasteiger partial charge in [-0.2, -0.15) is 0 Å². The van der Waals surface area contributed by atoms with Crippen molar-refractivity contribution >= 4 is 29.2 Å². The van der Waals surface area contributed by atoms with Gasteiger partial charge in [-0.05, 0) is 29.8 Å². The Labute approximate surface area is 194 Å². The predicted octanol–water partition coefficient (Wildman–Crippen LogP) is 2.83. The van der Waals surface area contributed by atoms with Crippen LogP contribution in [0, 0.1) is 0 Å². The molecule has 8 heteroatoms. The third kappa shape index (κ3) is 6.22. The van der Waals surface area contributed by atoms with E-state index in [1.807, 2.05) is 47.4 Å². The van der Waals surface area contributed by atoms with Gasteiger partial charge in [0.2, 0.25) is 5.91 Å². The fourth-order valence-electron chi connectivity index (χ4n) is 4.13. The molecule has 2 aromatic carbocycles. The molecule has 2 aliphatic rings. The molecule has 0 bridgehead atoms. The van der Waals surface area contributed by atoms with E-state index in [2.05, 4.69) is 27.2 Å². The van der Waals surface area contributed by atoms with E-state index < -0.39 is 0 Å². The highest BCUT2D eigenvalue weighted by Gasteiger charge is 2.26. The van der Waals surface area contributed by atoms with Crippen molar-refractivity contribution in [3.05, 3.63) is 65.2 Å². The van der Waals surface area contributed by atoms with Crippen LogP contribution in [0.1, 0.15) is 5.56 Å². The number of anilines is 1. The van der Waals surface area contributed by atoms with Gasteiger partial charge in [-0.1, -0.05) is 41.9 Å². The predicted molar refractivity (Wildman–Crippen MR) is 127 cm³/mol. The number of benzene rings is 2. The maximum Gasteiger partial charge on any atom is 0.321 e. The molecule has 4 rings (SSSR count). The second-order valence-corrected chi connectivity index (χ2v) is 8.78. The summed E-state index contributed by atoms with van der Waals surface area (Å²) in [6, 6.07) is 17.3. The van der Waals surface area contributed by atoms with Gasteiger partial charge < -0.3 is 15.1 Å². The maximum atomic E-state index is 12.8. The smallest absolute Gasteiger partial charge is 0.321 e. The third-order valence-corrected chi connectivity index (χ3v) is 6.34. The largest absolute Gasteiger partial charge is 0.338 e. The minimum absolute atomic E-state index is 0.111. The lowest BCUT2D eigenvalue weighted by Crippen LogP contribution is -2.55. The van der Waals surface area contributed by atoms with Crippen LogP contribution in [0.15, 0.2) is 54.6 Å². The number of hydrogen-bond acceptors (Lipinski definition) is 4. The van der Waals surface area contributed by atoms with Gasteiger partial charge in [0.25, 0.3) is 0 Å². The molecule has 2 aromatic rings. The Morgan fingerprint density at radius 3 is 2.00 bits per heavy atom. The SMILES string of the molecule is O=C(CN1CCN(Cc2ccc(Cl)cc2)CC1)N1CCN(C(=O)Nc2ccccc2)CC1. The number of amides is 3. The Bertz CT molecular complexity index is 892. The molecule has 0 radical (unpaired) electrons. The van der Waals surface area contributed by atoms with Crippen LogP contribution in [0.5, 0.6) is 0 Å². The molecule has 0 spiro atoms. The standard InChI is InChI=1S/C24H30ClN5O2/c25-21-8-6-20(7-9-21)18-27-10-12-28(13-11-27)19-23(31)29-14-16-30(17-15-29)24(32)26-22-4-2-1-3-5-22/h1-9H,10-19H2,(H,26,32). The quantitative estimate of drug-likeness (QED) is 0.753. The summed E-state index contributed by atoms with van der Waals surface area (Å²) >= 11 is 5.96.